The van der Waals surface area contributed by atoms with Crippen LogP contribution in [-0.4, -0.2) is 47.1 Å². The molecule has 1 aliphatic rings. The molecule has 0 N–H and O–H groups in total. The van der Waals surface area contributed by atoms with E-state index in [1.54, 1.807) is 12.3 Å². The van der Waals surface area contributed by atoms with Crippen molar-refractivity contribution in [3.05, 3.63) is 66.0 Å². The average molecular weight is 348 g/mol. The molecule has 1 aromatic carbocycles. The largest absolute Gasteiger partial charge is 0.355 e. The zero-order valence-corrected chi connectivity index (χ0v) is 14.6. The van der Waals surface area contributed by atoms with Crippen molar-refractivity contribution in [3.8, 4) is 11.3 Å². The molecule has 3 aromatic rings. The van der Waals surface area contributed by atoms with Crippen LogP contribution in [-0.2, 0) is 0 Å². The van der Waals surface area contributed by atoms with Gasteiger partial charge in [0.05, 0.1) is 0 Å². The standard InChI is InChI=1S/C20H20N4O2/c1-15-6-5-9-21-19(15)23-10-12-24(13-11-23)20(25)17-14-18(26-22-17)16-7-3-2-4-8-16/h2-9,14H,10-13H2,1H3. The molecule has 0 aliphatic carbocycles. The lowest BCUT2D eigenvalue weighted by molar-refractivity contribution is 0.0736. The smallest absolute Gasteiger partial charge is 0.276 e. The Kier molecular flexibility index (Phi) is 4.39. The molecular formula is C20H20N4O2. The van der Waals surface area contributed by atoms with Crippen molar-refractivity contribution >= 4 is 11.7 Å². The Hall–Kier alpha value is -3.15. The van der Waals surface area contributed by atoms with Crippen molar-refractivity contribution in [2.75, 3.05) is 31.1 Å². The maximum absolute atomic E-state index is 12.7. The maximum atomic E-state index is 12.7. The fourth-order valence-electron chi connectivity index (χ4n) is 3.21. The second-order valence-corrected chi connectivity index (χ2v) is 6.37. The van der Waals surface area contributed by atoms with Crippen LogP contribution in [0, 0.1) is 6.92 Å². The Morgan fingerprint density at radius 3 is 2.54 bits per heavy atom. The Bertz CT molecular complexity index is 899. The number of pyridine rings is 1. The summed E-state index contributed by atoms with van der Waals surface area (Å²) in [7, 11) is 0. The predicted octanol–water partition coefficient (Wildman–Crippen LogP) is 3.01. The zero-order valence-electron chi connectivity index (χ0n) is 14.6. The minimum absolute atomic E-state index is 0.0895. The van der Waals surface area contributed by atoms with Crippen molar-refractivity contribution < 1.29 is 9.32 Å². The van der Waals surface area contributed by atoms with Crippen molar-refractivity contribution in [1.29, 1.82) is 0 Å². The average Bonchev–Trinajstić information content (AvgIpc) is 3.19. The molecule has 0 atom stereocenters. The summed E-state index contributed by atoms with van der Waals surface area (Å²) in [6, 6.07) is 15.4. The third-order valence-electron chi connectivity index (χ3n) is 4.64. The number of nitrogens with zero attached hydrogens (tertiary/aromatic N) is 4. The number of hydrogen-bond acceptors (Lipinski definition) is 5. The topological polar surface area (TPSA) is 62.5 Å². The van der Waals surface area contributed by atoms with Crippen LogP contribution in [0.1, 0.15) is 16.1 Å². The van der Waals surface area contributed by atoms with Gasteiger partial charge in [-0.3, -0.25) is 4.79 Å². The number of anilines is 1. The fourth-order valence-corrected chi connectivity index (χ4v) is 3.21. The third-order valence-corrected chi connectivity index (χ3v) is 4.64. The number of carbonyl (C=O) groups is 1. The van der Waals surface area contributed by atoms with E-state index in [9.17, 15) is 4.79 Å². The fraction of sp³-hybridized carbons (Fsp3) is 0.250. The van der Waals surface area contributed by atoms with Crippen LogP contribution < -0.4 is 4.90 Å². The highest BCUT2D eigenvalue weighted by molar-refractivity contribution is 5.93. The Labute approximate surface area is 152 Å². The Morgan fingerprint density at radius 2 is 1.81 bits per heavy atom. The van der Waals surface area contributed by atoms with Gasteiger partial charge in [-0.1, -0.05) is 41.6 Å². The van der Waals surface area contributed by atoms with Crippen LogP contribution in [0.2, 0.25) is 0 Å². The van der Waals surface area contributed by atoms with Gasteiger partial charge in [0, 0.05) is 44.0 Å². The second-order valence-electron chi connectivity index (χ2n) is 6.37. The van der Waals surface area contributed by atoms with Gasteiger partial charge in [0.15, 0.2) is 11.5 Å². The molecule has 1 amide bonds. The van der Waals surface area contributed by atoms with Gasteiger partial charge in [-0.05, 0) is 18.6 Å². The second kappa shape index (κ2) is 7.00. The van der Waals surface area contributed by atoms with Gasteiger partial charge in [-0.25, -0.2) is 4.98 Å². The monoisotopic (exact) mass is 348 g/mol. The van der Waals surface area contributed by atoms with E-state index in [4.69, 9.17) is 4.52 Å². The van der Waals surface area contributed by atoms with E-state index in [0.717, 1.165) is 30.0 Å². The summed E-state index contributed by atoms with van der Waals surface area (Å²) in [5.41, 5.74) is 2.41. The van der Waals surface area contributed by atoms with Crippen molar-refractivity contribution in [2.45, 2.75) is 6.92 Å². The normalized spacial score (nSPS) is 14.5. The van der Waals surface area contributed by atoms with Gasteiger partial charge in [0.1, 0.15) is 5.82 Å². The summed E-state index contributed by atoms with van der Waals surface area (Å²) in [5.74, 6) is 1.51. The molecule has 1 aliphatic heterocycles. The molecule has 2 aromatic heterocycles. The molecule has 1 saturated heterocycles. The molecule has 0 unspecified atom stereocenters. The lowest BCUT2D eigenvalue weighted by atomic mass is 10.1. The van der Waals surface area contributed by atoms with Crippen molar-refractivity contribution in [3.63, 3.8) is 0 Å². The van der Waals surface area contributed by atoms with Gasteiger partial charge in [0.25, 0.3) is 5.91 Å². The SMILES string of the molecule is Cc1cccnc1N1CCN(C(=O)c2cc(-c3ccccc3)on2)CC1. The summed E-state index contributed by atoms with van der Waals surface area (Å²) in [5, 5.41) is 3.97. The maximum Gasteiger partial charge on any atom is 0.276 e. The molecule has 4 rings (SSSR count). The van der Waals surface area contributed by atoms with Crippen LogP contribution in [0.4, 0.5) is 5.82 Å². The van der Waals surface area contributed by atoms with Crippen LogP contribution in [0.5, 0.6) is 0 Å². The molecule has 0 spiro atoms. The number of carbonyl (C=O) groups excluding carboxylic acids is 1. The molecule has 6 heteroatoms. The molecule has 0 saturated carbocycles. The van der Waals surface area contributed by atoms with E-state index in [-0.39, 0.29) is 5.91 Å². The van der Waals surface area contributed by atoms with Crippen molar-refractivity contribution in [1.82, 2.24) is 15.0 Å². The molecule has 0 radical (unpaired) electrons. The van der Waals surface area contributed by atoms with Crippen molar-refractivity contribution in [2.24, 2.45) is 0 Å². The molecule has 0 bridgehead atoms. The van der Waals surface area contributed by atoms with E-state index in [2.05, 4.69) is 28.0 Å². The number of rotatable bonds is 3. The molecule has 1 fully saturated rings. The van der Waals surface area contributed by atoms with E-state index in [1.807, 2.05) is 41.3 Å². The zero-order chi connectivity index (χ0) is 17.9. The number of benzene rings is 1. The number of amides is 1. The summed E-state index contributed by atoms with van der Waals surface area (Å²) in [6.45, 7) is 4.85. The first kappa shape index (κ1) is 16.3. The minimum Gasteiger partial charge on any atom is -0.355 e. The first-order chi connectivity index (χ1) is 12.7. The van der Waals surface area contributed by atoms with Gasteiger partial charge < -0.3 is 14.3 Å². The first-order valence-corrected chi connectivity index (χ1v) is 8.70. The van der Waals surface area contributed by atoms with Gasteiger partial charge in [-0.2, -0.15) is 0 Å². The summed E-state index contributed by atoms with van der Waals surface area (Å²) < 4.78 is 5.35. The van der Waals surface area contributed by atoms with E-state index >= 15 is 0 Å². The lowest BCUT2D eigenvalue weighted by Gasteiger charge is -2.35. The Balaban J connectivity index is 1.43. The lowest BCUT2D eigenvalue weighted by Crippen LogP contribution is -2.49. The highest BCUT2D eigenvalue weighted by atomic mass is 16.5. The van der Waals surface area contributed by atoms with Crippen LogP contribution in [0.25, 0.3) is 11.3 Å². The molecule has 3 heterocycles. The summed E-state index contributed by atoms with van der Waals surface area (Å²) in [6.07, 6.45) is 1.81. The summed E-state index contributed by atoms with van der Waals surface area (Å²) >= 11 is 0. The minimum atomic E-state index is -0.0895. The predicted molar refractivity (Wildman–Crippen MR) is 99.0 cm³/mol. The van der Waals surface area contributed by atoms with Gasteiger partial charge >= 0.3 is 0 Å². The number of piperazine rings is 1. The molecular weight excluding hydrogens is 328 g/mol. The number of aryl methyl sites for hydroxylation is 1. The molecule has 6 nitrogen and oxygen atoms in total. The van der Waals surface area contributed by atoms with Crippen LogP contribution >= 0.6 is 0 Å². The summed E-state index contributed by atoms with van der Waals surface area (Å²) in [4.78, 5) is 21.2. The quantitative estimate of drug-likeness (QED) is 0.728. The van der Waals surface area contributed by atoms with Gasteiger partial charge in [-0.15, -0.1) is 0 Å². The van der Waals surface area contributed by atoms with Crippen LogP contribution in [0.15, 0.2) is 59.3 Å². The van der Waals surface area contributed by atoms with Gasteiger partial charge in [0.2, 0.25) is 0 Å². The third kappa shape index (κ3) is 3.18. The molecule has 132 valence electrons. The number of aromatic nitrogens is 2. The number of hydrogen-bond donors (Lipinski definition) is 0. The van der Waals surface area contributed by atoms with E-state index < -0.39 is 0 Å². The highest BCUT2D eigenvalue weighted by Gasteiger charge is 2.25. The highest BCUT2D eigenvalue weighted by Crippen LogP contribution is 2.22. The first-order valence-electron chi connectivity index (χ1n) is 8.70. The Morgan fingerprint density at radius 1 is 1.04 bits per heavy atom. The van der Waals surface area contributed by atoms with E-state index in [0.29, 0.717) is 24.5 Å². The molecule has 26 heavy (non-hydrogen) atoms. The van der Waals surface area contributed by atoms with Crippen LogP contribution in [0.3, 0.4) is 0 Å². The van der Waals surface area contributed by atoms with E-state index in [1.165, 1.54) is 0 Å².